The molecule has 0 aliphatic carbocycles. The molecule has 1 aliphatic rings. The average Bonchev–Trinajstić information content (AvgIpc) is 2.94. The van der Waals surface area contributed by atoms with E-state index in [1.165, 1.54) is 4.90 Å². The molecule has 0 saturated carbocycles. The van der Waals surface area contributed by atoms with E-state index in [0.29, 0.717) is 40.5 Å². The van der Waals surface area contributed by atoms with Crippen LogP contribution >= 0.6 is 0 Å². The van der Waals surface area contributed by atoms with Crippen molar-refractivity contribution < 1.29 is 19.1 Å². The normalized spacial score (nSPS) is 14.6. The molecule has 5 nitrogen and oxygen atoms in total. The Kier molecular flexibility index (Phi) is 5.68. The molecule has 0 bridgehead atoms. The van der Waals surface area contributed by atoms with Crippen molar-refractivity contribution in [2.24, 2.45) is 5.92 Å². The van der Waals surface area contributed by atoms with E-state index in [2.05, 4.69) is 13.8 Å². The third kappa shape index (κ3) is 3.27. The molecule has 1 aliphatic heterocycles. The van der Waals surface area contributed by atoms with Crippen LogP contribution in [-0.4, -0.2) is 37.5 Å². The molecule has 0 N–H and O–H groups in total. The number of methoxy groups -OCH3 is 2. The van der Waals surface area contributed by atoms with Gasteiger partial charge in [0.1, 0.15) is 11.5 Å². The number of hydrogen-bond donors (Lipinski definition) is 0. The Morgan fingerprint density at radius 3 is 2.41 bits per heavy atom. The van der Waals surface area contributed by atoms with Gasteiger partial charge < -0.3 is 9.47 Å². The van der Waals surface area contributed by atoms with Crippen LogP contribution in [0.15, 0.2) is 24.3 Å². The number of amides is 2. The Morgan fingerprint density at radius 2 is 1.78 bits per heavy atom. The van der Waals surface area contributed by atoms with Gasteiger partial charge in [0.25, 0.3) is 11.8 Å². The van der Waals surface area contributed by atoms with Crippen molar-refractivity contribution in [3.63, 3.8) is 0 Å². The molecule has 0 aromatic heterocycles. The number of imide groups is 1. The number of carbonyl (C=O) groups is 2. The number of carbonyl (C=O) groups excluding carboxylic acids is 2. The second-order valence-corrected chi connectivity index (χ2v) is 7.02. The summed E-state index contributed by atoms with van der Waals surface area (Å²) in [5.74, 6) is 1.05. The monoisotopic (exact) mass is 369 g/mol. The van der Waals surface area contributed by atoms with Gasteiger partial charge in [-0.2, -0.15) is 0 Å². The molecule has 0 saturated heterocycles. The summed E-state index contributed by atoms with van der Waals surface area (Å²) in [5, 5.41) is 1.42. The van der Waals surface area contributed by atoms with Crippen molar-refractivity contribution in [1.82, 2.24) is 4.90 Å². The maximum Gasteiger partial charge on any atom is 0.262 e. The quantitative estimate of drug-likeness (QED) is 0.635. The Balaban J connectivity index is 2.07. The molecule has 2 aromatic rings. The average molecular weight is 369 g/mol. The van der Waals surface area contributed by atoms with E-state index in [4.69, 9.17) is 9.47 Å². The first kappa shape index (κ1) is 19.2. The van der Waals surface area contributed by atoms with E-state index >= 15 is 0 Å². The van der Waals surface area contributed by atoms with Gasteiger partial charge in [0.2, 0.25) is 0 Å². The molecule has 0 radical (unpaired) electrons. The lowest BCUT2D eigenvalue weighted by atomic mass is 9.98. The first-order valence-electron chi connectivity index (χ1n) is 9.61. The zero-order chi connectivity index (χ0) is 19.6. The molecule has 3 rings (SSSR count). The molecular formula is C22H27NO4. The van der Waals surface area contributed by atoms with E-state index in [0.717, 1.165) is 31.1 Å². The van der Waals surface area contributed by atoms with Gasteiger partial charge in [0.05, 0.1) is 30.7 Å². The highest BCUT2D eigenvalue weighted by Gasteiger charge is 2.39. The summed E-state index contributed by atoms with van der Waals surface area (Å²) in [7, 11) is 3.14. The maximum atomic E-state index is 13.2. The van der Waals surface area contributed by atoms with Crippen LogP contribution in [0.5, 0.6) is 11.5 Å². The molecule has 2 aromatic carbocycles. The summed E-state index contributed by atoms with van der Waals surface area (Å²) in [5.41, 5.74) is 0.878. The van der Waals surface area contributed by atoms with Gasteiger partial charge in [-0.3, -0.25) is 14.5 Å². The molecule has 2 amide bonds. The molecule has 1 atom stereocenters. The summed E-state index contributed by atoms with van der Waals surface area (Å²) < 4.78 is 11.0. The second kappa shape index (κ2) is 7.99. The predicted molar refractivity (Wildman–Crippen MR) is 106 cm³/mol. The Morgan fingerprint density at radius 1 is 1.04 bits per heavy atom. The first-order chi connectivity index (χ1) is 13.1. The summed E-state index contributed by atoms with van der Waals surface area (Å²) in [6.45, 7) is 4.74. The highest BCUT2D eigenvalue weighted by Crippen LogP contribution is 2.41. The summed E-state index contributed by atoms with van der Waals surface area (Å²) >= 11 is 0. The van der Waals surface area contributed by atoms with E-state index in [1.807, 2.05) is 18.2 Å². The second-order valence-electron chi connectivity index (χ2n) is 7.02. The lowest BCUT2D eigenvalue weighted by Crippen LogP contribution is -2.34. The fourth-order valence-electron chi connectivity index (χ4n) is 3.86. The summed E-state index contributed by atoms with van der Waals surface area (Å²) in [4.78, 5) is 27.6. The van der Waals surface area contributed by atoms with Gasteiger partial charge in [-0.1, -0.05) is 45.2 Å². The smallest absolute Gasteiger partial charge is 0.262 e. The van der Waals surface area contributed by atoms with E-state index in [1.54, 1.807) is 20.3 Å². The Labute approximate surface area is 160 Å². The largest absolute Gasteiger partial charge is 0.496 e. The fourth-order valence-corrected chi connectivity index (χ4v) is 3.86. The number of benzene rings is 2. The number of ether oxygens (including phenoxy) is 2. The molecule has 0 spiro atoms. The molecular weight excluding hydrogens is 342 g/mol. The number of unbranched alkanes of at least 4 members (excludes halogenated alkanes) is 1. The van der Waals surface area contributed by atoms with Crippen LogP contribution in [0.3, 0.4) is 0 Å². The molecule has 1 unspecified atom stereocenters. The molecule has 1 heterocycles. The van der Waals surface area contributed by atoms with Crippen molar-refractivity contribution in [1.29, 1.82) is 0 Å². The number of fused-ring (bicyclic) bond motifs is 3. The van der Waals surface area contributed by atoms with Crippen molar-refractivity contribution in [2.45, 2.75) is 39.5 Å². The summed E-state index contributed by atoms with van der Waals surface area (Å²) in [6, 6.07) is 7.18. The number of rotatable bonds is 8. The third-order valence-electron chi connectivity index (χ3n) is 5.45. The van der Waals surface area contributed by atoms with Gasteiger partial charge in [0, 0.05) is 11.9 Å². The van der Waals surface area contributed by atoms with Gasteiger partial charge >= 0.3 is 0 Å². The lowest BCUT2D eigenvalue weighted by Gasteiger charge is -2.21. The fraction of sp³-hybridized carbons (Fsp3) is 0.455. The predicted octanol–water partition coefficient (Wildman–Crippen LogP) is 4.67. The number of nitrogens with zero attached hydrogens (tertiary/aromatic N) is 1. The third-order valence-corrected chi connectivity index (χ3v) is 5.45. The van der Waals surface area contributed by atoms with Gasteiger partial charge in [-0.15, -0.1) is 0 Å². The highest BCUT2D eigenvalue weighted by molar-refractivity contribution is 6.27. The standard InChI is InChI=1S/C22H27NO4/c1-5-7-9-14(6-2)13-23-21(24)16-12-18(27-4)20-15(19(16)22(23)25)10-8-11-17(20)26-3/h8,10-12,14H,5-7,9,13H2,1-4H3. The Bertz CT molecular complexity index is 874. The van der Waals surface area contributed by atoms with Crippen molar-refractivity contribution >= 4 is 22.6 Å². The SMILES string of the molecule is CCCCC(CC)CN1C(=O)c2cc(OC)c3c(OC)cccc3c2C1=O. The molecule has 5 heteroatoms. The zero-order valence-corrected chi connectivity index (χ0v) is 16.5. The van der Waals surface area contributed by atoms with Gasteiger partial charge in [-0.05, 0) is 24.5 Å². The van der Waals surface area contributed by atoms with Crippen LogP contribution in [0.1, 0.15) is 60.2 Å². The van der Waals surface area contributed by atoms with Crippen LogP contribution in [0.4, 0.5) is 0 Å². The minimum Gasteiger partial charge on any atom is -0.496 e. The van der Waals surface area contributed by atoms with Crippen LogP contribution in [0, 0.1) is 5.92 Å². The Hall–Kier alpha value is -2.56. The van der Waals surface area contributed by atoms with E-state index in [9.17, 15) is 9.59 Å². The van der Waals surface area contributed by atoms with Crippen molar-refractivity contribution in [2.75, 3.05) is 20.8 Å². The molecule has 27 heavy (non-hydrogen) atoms. The minimum absolute atomic E-state index is 0.217. The molecule has 144 valence electrons. The zero-order valence-electron chi connectivity index (χ0n) is 16.5. The first-order valence-corrected chi connectivity index (χ1v) is 9.61. The van der Waals surface area contributed by atoms with Crippen molar-refractivity contribution in [3.8, 4) is 11.5 Å². The topological polar surface area (TPSA) is 55.8 Å². The maximum absolute atomic E-state index is 13.2. The molecule has 0 fully saturated rings. The van der Waals surface area contributed by atoms with Crippen LogP contribution in [0.25, 0.3) is 10.8 Å². The van der Waals surface area contributed by atoms with Crippen molar-refractivity contribution in [3.05, 3.63) is 35.4 Å². The van der Waals surface area contributed by atoms with Gasteiger partial charge in [-0.25, -0.2) is 0 Å². The van der Waals surface area contributed by atoms with Crippen LogP contribution < -0.4 is 9.47 Å². The van der Waals surface area contributed by atoms with Crippen LogP contribution in [0.2, 0.25) is 0 Å². The van der Waals surface area contributed by atoms with Gasteiger partial charge in [0.15, 0.2) is 0 Å². The number of hydrogen-bond acceptors (Lipinski definition) is 4. The van der Waals surface area contributed by atoms with E-state index < -0.39 is 0 Å². The van der Waals surface area contributed by atoms with E-state index in [-0.39, 0.29) is 11.8 Å². The highest BCUT2D eigenvalue weighted by atomic mass is 16.5. The lowest BCUT2D eigenvalue weighted by molar-refractivity contribution is 0.0625. The summed E-state index contributed by atoms with van der Waals surface area (Å²) in [6.07, 6.45) is 4.19. The van der Waals surface area contributed by atoms with Crippen LogP contribution in [-0.2, 0) is 0 Å². The minimum atomic E-state index is -0.229.